The Labute approximate surface area is 134 Å². The van der Waals surface area contributed by atoms with Gasteiger partial charge in [0.25, 0.3) is 0 Å². The minimum Gasteiger partial charge on any atom is -0.349 e. The Balaban J connectivity index is 1.80. The molecule has 23 heavy (non-hydrogen) atoms. The molecule has 0 saturated heterocycles. The first-order valence-corrected chi connectivity index (χ1v) is 7.63. The molecule has 0 aliphatic heterocycles. The van der Waals surface area contributed by atoms with Crippen molar-refractivity contribution in [1.82, 2.24) is 24.8 Å². The summed E-state index contributed by atoms with van der Waals surface area (Å²) in [6.45, 7) is 6.99. The number of aryl methyl sites for hydroxylation is 1. The molecule has 0 unspecified atom stereocenters. The summed E-state index contributed by atoms with van der Waals surface area (Å²) in [7, 11) is 0. The molecule has 0 saturated carbocycles. The molecule has 2 aromatic heterocycles. The van der Waals surface area contributed by atoms with E-state index in [1.54, 1.807) is 0 Å². The van der Waals surface area contributed by atoms with Crippen LogP contribution in [0.2, 0.25) is 0 Å². The van der Waals surface area contributed by atoms with Crippen LogP contribution in [0.4, 0.5) is 0 Å². The molecule has 0 bridgehead atoms. The summed E-state index contributed by atoms with van der Waals surface area (Å²) in [5, 5.41) is 12.3. The molecule has 0 radical (unpaired) electrons. The zero-order chi connectivity index (χ0) is 16.4. The first kappa shape index (κ1) is 15.1. The molecule has 0 aliphatic rings. The van der Waals surface area contributed by atoms with Crippen molar-refractivity contribution in [2.75, 3.05) is 0 Å². The van der Waals surface area contributed by atoms with Crippen LogP contribution in [0.25, 0.3) is 11.4 Å². The highest BCUT2D eigenvalue weighted by molar-refractivity contribution is 5.97. The summed E-state index contributed by atoms with van der Waals surface area (Å²) in [4.78, 5) is 13.9. The molecule has 0 atom stereocenters. The van der Waals surface area contributed by atoms with Crippen LogP contribution in [0.3, 0.4) is 0 Å². The molecular weight excluding hydrogens is 290 g/mol. The summed E-state index contributed by atoms with van der Waals surface area (Å²) in [6, 6.07) is 11.5. The fourth-order valence-electron chi connectivity index (χ4n) is 2.80. The third kappa shape index (κ3) is 2.92. The quantitative estimate of drug-likeness (QED) is 0.680. The molecule has 3 aromatic rings. The number of benzene rings is 1. The van der Waals surface area contributed by atoms with Gasteiger partial charge in [-0.05, 0) is 32.1 Å². The second-order valence-corrected chi connectivity index (χ2v) is 5.46. The van der Waals surface area contributed by atoms with E-state index in [4.69, 9.17) is 0 Å². The predicted octanol–water partition coefficient (Wildman–Crippen LogP) is 2.66. The minimum absolute atomic E-state index is 0.00480. The lowest BCUT2D eigenvalue weighted by atomic mass is 10.1. The molecule has 0 amide bonds. The molecule has 6 heteroatoms. The zero-order valence-corrected chi connectivity index (χ0v) is 13.5. The number of tetrazole rings is 1. The summed E-state index contributed by atoms with van der Waals surface area (Å²) >= 11 is 0. The Hall–Kier alpha value is -2.76. The van der Waals surface area contributed by atoms with Gasteiger partial charge in [-0.1, -0.05) is 30.3 Å². The Kier molecular flexibility index (Phi) is 4.06. The number of hydrogen-bond donors (Lipinski definition) is 0. The van der Waals surface area contributed by atoms with Crippen LogP contribution in [-0.4, -0.2) is 30.6 Å². The fraction of sp³-hybridized carbons (Fsp3) is 0.294. The van der Waals surface area contributed by atoms with Crippen molar-refractivity contribution in [3.05, 3.63) is 53.3 Å². The van der Waals surface area contributed by atoms with Gasteiger partial charge >= 0.3 is 0 Å². The smallest absolute Gasteiger partial charge is 0.204 e. The number of carbonyl (C=O) groups excluding carboxylic acids is 1. The highest BCUT2D eigenvalue weighted by Gasteiger charge is 2.17. The van der Waals surface area contributed by atoms with Gasteiger partial charge in [-0.15, -0.1) is 10.2 Å². The van der Waals surface area contributed by atoms with Crippen molar-refractivity contribution in [3.63, 3.8) is 0 Å². The number of hydrogen-bond acceptors (Lipinski definition) is 4. The Morgan fingerprint density at radius 3 is 2.57 bits per heavy atom. The van der Waals surface area contributed by atoms with E-state index in [1.165, 1.54) is 4.80 Å². The van der Waals surface area contributed by atoms with Gasteiger partial charge in [0.1, 0.15) is 6.54 Å². The molecule has 118 valence electrons. The van der Waals surface area contributed by atoms with Crippen LogP contribution >= 0.6 is 0 Å². The summed E-state index contributed by atoms with van der Waals surface area (Å²) < 4.78 is 2.12. The van der Waals surface area contributed by atoms with E-state index < -0.39 is 0 Å². The number of Topliss-reactive ketones (excluding diaryl/α,β-unsaturated/α-hetero) is 1. The second kappa shape index (κ2) is 6.16. The van der Waals surface area contributed by atoms with Gasteiger partial charge in [-0.2, -0.15) is 4.80 Å². The maximum absolute atomic E-state index is 12.5. The Morgan fingerprint density at radius 2 is 1.91 bits per heavy atom. The molecule has 0 spiro atoms. The average Bonchev–Trinajstić information content (AvgIpc) is 3.13. The third-order valence-corrected chi connectivity index (χ3v) is 3.96. The maximum atomic E-state index is 12.5. The van der Waals surface area contributed by atoms with Crippen molar-refractivity contribution in [3.8, 4) is 11.4 Å². The number of carbonyl (C=O) groups is 1. The lowest BCUT2D eigenvalue weighted by molar-refractivity contribution is 0.0960. The van der Waals surface area contributed by atoms with Crippen LogP contribution < -0.4 is 0 Å². The SMILES string of the molecule is CCn1c(C)cc(C(=O)Cn2nnc(-c3ccccc3)n2)c1C. The summed E-state index contributed by atoms with van der Waals surface area (Å²) in [6.07, 6.45) is 0. The first-order valence-electron chi connectivity index (χ1n) is 7.63. The number of ketones is 1. The average molecular weight is 309 g/mol. The molecule has 0 aliphatic carbocycles. The van der Waals surface area contributed by atoms with Gasteiger partial charge < -0.3 is 4.57 Å². The van der Waals surface area contributed by atoms with E-state index in [1.807, 2.05) is 50.2 Å². The highest BCUT2D eigenvalue weighted by Crippen LogP contribution is 2.16. The maximum Gasteiger partial charge on any atom is 0.204 e. The number of aromatic nitrogens is 5. The Morgan fingerprint density at radius 1 is 1.17 bits per heavy atom. The van der Waals surface area contributed by atoms with E-state index in [0.29, 0.717) is 5.82 Å². The molecule has 0 N–H and O–H groups in total. The van der Waals surface area contributed by atoms with Crippen molar-refractivity contribution < 1.29 is 4.79 Å². The Bertz CT molecular complexity index is 832. The van der Waals surface area contributed by atoms with E-state index in [2.05, 4.69) is 26.9 Å². The number of nitrogens with zero attached hydrogens (tertiary/aromatic N) is 5. The largest absolute Gasteiger partial charge is 0.349 e. The van der Waals surface area contributed by atoms with Crippen molar-refractivity contribution in [1.29, 1.82) is 0 Å². The normalized spacial score (nSPS) is 10.9. The van der Waals surface area contributed by atoms with Crippen LogP contribution in [0.5, 0.6) is 0 Å². The zero-order valence-electron chi connectivity index (χ0n) is 13.5. The highest BCUT2D eigenvalue weighted by atomic mass is 16.1. The van der Waals surface area contributed by atoms with Gasteiger partial charge in [0.05, 0.1) is 0 Å². The minimum atomic E-state index is -0.00480. The first-order chi connectivity index (χ1) is 11.1. The van der Waals surface area contributed by atoms with Gasteiger partial charge in [-0.3, -0.25) is 4.79 Å². The van der Waals surface area contributed by atoms with Crippen LogP contribution in [0.1, 0.15) is 28.7 Å². The van der Waals surface area contributed by atoms with E-state index >= 15 is 0 Å². The topological polar surface area (TPSA) is 65.6 Å². The summed E-state index contributed by atoms with van der Waals surface area (Å²) in [5.41, 5.74) is 3.68. The lowest BCUT2D eigenvalue weighted by Gasteiger charge is -2.05. The molecule has 3 rings (SSSR count). The molecular formula is C17H19N5O. The third-order valence-electron chi connectivity index (χ3n) is 3.96. The molecule has 0 fully saturated rings. The van der Waals surface area contributed by atoms with Crippen molar-refractivity contribution in [2.24, 2.45) is 0 Å². The number of rotatable bonds is 5. The van der Waals surface area contributed by atoms with Crippen molar-refractivity contribution in [2.45, 2.75) is 33.9 Å². The monoisotopic (exact) mass is 309 g/mol. The lowest BCUT2D eigenvalue weighted by Crippen LogP contribution is -2.14. The van der Waals surface area contributed by atoms with Crippen LogP contribution in [-0.2, 0) is 13.1 Å². The van der Waals surface area contributed by atoms with Crippen LogP contribution in [0, 0.1) is 13.8 Å². The van der Waals surface area contributed by atoms with Crippen molar-refractivity contribution >= 4 is 5.78 Å². The summed E-state index contributed by atoms with van der Waals surface area (Å²) in [5.74, 6) is 0.521. The van der Waals surface area contributed by atoms with Crippen LogP contribution in [0.15, 0.2) is 36.4 Å². The standard InChI is InChI=1S/C17H19N5O/c1-4-21-12(2)10-15(13(21)3)16(23)11-22-19-17(18-20-22)14-8-6-5-7-9-14/h5-10H,4,11H2,1-3H3. The molecule has 6 nitrogen and oxygen atoms in total. The van der Waals surface area contributed by atoms with E-state index in [0.717, 1.165) is 29.1 Å². The van der Waals surface area contributed by atoms with E-state index in [-0.39, 0.29) is 12.3 Å². The van der Waals surface area contributed by atoms with Gasteiger partial charge in [0.15, 0.2) is 5.78 Å². The van der Waals surface area contributed by atoms with Gasteiger partial charge in [0, 0.05) is 29.1 Å². The predicted molar refractivity (Wildman–Crippen MR) is 87.2 cm³/mol. The molecule has 2 heterocycles. The second-order valence-electron chi connectivity index (χ2n) is 5.46. The van der Waals surface area contributed by atoms with E-state index in [9.17, 15) is 4.79 Å². The fourth-order valence-corrected chi connectivity index (χ4v) is 2.80. The van der Waals surface area contributed by atoms with Gasteiger partial charge in [0.2, 0.25) is 5.82 Å². The molecule has 1 aromatic carbocycles. The van der Waals surface area contributed by atoms with Gasteiger partial charge in [-0.25, -0.2) is 0 Å².